The van der Waals surface area contributed by atoms with Crippen LogP contribution in [0.4, 0.5) is 0 Å². The number of hydrogen-bond acceptors (Lipinski definition) is 3. The zero-order chi connectivity index (χ0) is 14.5. The Morgan fingerprint density at radius 1 is 1.30 bits per heavy atom. The lowest BCUT2D eigenvalue weighted by atomic mass is 10.1. The van der Waals surface area contributed by atoms with Crippen LogP contribution in [0.25, 0.3) is 0 Å². The second kappa shape index (κ2) is 6.23. The van der Waals surface area contributed by atoms with E-state index >= 15 is 0 Å². The van der Waals surface area contributed by atoms with Gasteiger partial charge in [-0.15, -0.1) is 0 Å². The molecule has 2 rings (SSSR count). The van der Waals surface area contributed by atoms with Gasteiger partial charge in [-0.1, -0.05) is 18.5 Å². The van der Waals surface area contributed by atoms with Crippen LogP contribution in [0.1, 0.15) is 28.4 Å². The summed E-state index contributed by atoms with van der Waals surface area (Å²) < 4.78 is 5.70. The van der Waals surface area contributed by atoms with Crippen molar-refractivity contribution in [3.8, 4) is 17.6 Å². The SMILES string of the molecule is CCc1cc(Oc2ccc(C=O)cc2C#N)ccc1Cl. The van der Waals surface area contributed by atoms with Gasteiger partial charge in [-0.25, -0.2) is 0 Å². The van der Waals surface area contributed by atoms with Crippen molar-refractivity contribution in [3.63, 3.8) is 0 Å². The van der Waals surface area contributed by atoms with Crippen LogP contribution in [0.15, 0.2) is 36.4 Å². The molecule has 0 heterocycles. The van der Waals surface area contributed by atoms with E-state index in [0.717, 1.165) is 12.0 Å². The number of nitriles is 1. The van der Waals surface area contributed by atoms with Gasteiger partial charge in [0.1, 0.15) is 23.9 Å². The van der Waals surface area contributed by atoms with E-state index in [1.165, 1.54) is 6.07 Å². The summed E-state index contributed by atoms with van der Waals surface area (Å²) >= 11 is 6.05. The van der Waals surface area contributed by atoms with Gasteiger partial charge in [0, 0.05) is 10.6 Å². The normalized spacial score (nSPS) is 9.85. The first-order valence-electron chi connectivity index (χ1n) is 6.13. The molecule has 20 heavy (non-hydrogen) atoms. The monoisotopic (exact) mass is 285 g/mol. The van der Waals surface area contributed by atoms with Gasteiger partial charge in [0.2, 0.25) is 0 Å². The number of rotatable bonds is 4. The fourth-order valence-electron chi connectivity index (χ4n) is 1.81. The number of carbonyl (C=O) groups is 1. The smallest absolute Gasteiger partial charge is 0.150 e. The van der Waals surface area contributed by atoms with Crippen molar-refractivity contribution < 1.29 is 9.53 Å². The van der Waals surface area contributed by atoms with Crippen molar-refractivity contribution in [2.45, 2.75) is 13.3 Å². The highest BCUT2D eigenvalue weighted by Gasteiger charge is 2.07. The summed E-state index contributed by atoms with van der Waals surface area (Å²) in [4.78, 5) is 10.7. The largest absolute Gasteiger partial charge is 0.456 e. The molecule has 0 aliphatic heterocycles. The molecule has 0 aliphatic carbocycles. The lowest BCUT2D eigenvalue weighted by molar-refractivity contribution is 0.112. The Kier molecular flexibility index (Phi) is 4.39. The molecule has 2 aromatic rings. The fraction of sp³-hybridized carbons (Fsp3) is 0.125. The van der Waals surface area contributed by atoms with Crippen molar-refractivity contribution in [2.75, 3.05) is 0 Å². The Morgan fingerprint density at radius 3 is 2.75 bits per heavy atom. The van der Waals surface area contributed by atoms with E-state index in [4.69, 9.17) is 21.6 Å². The first-order chi connectivity index (χ1) is 9.67. The first-order valence-corrected chi connectivity index (χ1v) is 6.51. The van der Waals surface area contributed by atoms with Crippen LogP contribution >= 0.6 is 11.6 Å². The van der Waals surface area contributed by atoms with E-state index in [-0.39, 0.29) is 0 Å². The molecule has 0 amide bonds. The summed E-state index contributed by atoms with van der Waals surface area (Å²) in [6.45, 7) is 2.00. The summed E-state index contributed by atoms with van der Waals surface area (Å²) in [5, 5.41) is 9.79. The molecule has 100 valence electrons. The predicted octanol–water partition coefficient (Wildman–Crippen LogP) is 4.38. The van der Waals surface area contributed by atoms with Gasteiger partial charge in [0.25, 0.3) is 0 Å². The predicted molar refractivity (Wildman–Crippen MR) is 77.4 cm³/mol. The molecule has 0 saturated heterocycles. The molecule has 0 saturated carbocycles. The van der Waals surface area contributed by atoms with Gasteiger partial charge >= 0.3 is 0 Å². The van der Waals surface area contributed by atoms with E-state index < -0.39 is 0 Å². The van der Waals surface area contributed by atoms with Crippen molar-refractivity contribution >= 4 is 17.9 Å². The Balaban J connectivity index is 2.35. The van der Waals surface area contributed by atoms with Gasteiger partial charge in [-0.05, 0) is 48.4 Å². The maximum Gasteiger partial charge on any atom is 0.150 e. The molecule has 4 heteroatoms. The molecule has 0 aromatic heterocycles. The first kappa shape index (κ1) is 14.1. The number of hydrogen-bond donors (Lipinski definition) is 0. The molecule has 0 N–H and O–H groups in total. The van der Waals surface area contributed by atoms with Crippen LogP contribution in [0.2, 0.25) is 5.02 Å². The lowest BCUT2D eigenvalue weighted by Crippen LogP contribution is -1.92. The van der Waals surface area contributed by atoms with Crippen molar-refractivity contribution in [1.82, 2.24) is 0 Å². The maximum atomic E-state index is 10.7. The standard InChI is InChI=1S/C16H12ClNO2/c1-2-12-8-14(4-5-15(12)17)20-16-6-3-11(10-19)7-13(16)9-18/h3-8,10H,2H2,1H3. The summed E-state index contributed by atoms with van der Waals surface area (Å²) in [6, 6.07) is 12.1. The van der Waals surface area contributed by atoms with E-state index in [9.17, 15) is 4.79 Å². The van der Waals surface area contributed by atoms with Crippen LogP contribution in [0.3, 0.4) is 0 Å². The summed E-state index contributed by atoms with van der Waals surface area (Å²) in [6.07, 6.45) is 1.49. The van der Waals surface area contributed by atoms with E-state index in [1.807, 2.05) is 19.1 Å². The quantitative estimate of drug-likeness (QED) is 0.783. The minimum atomic E-state index is 0.322. The fourth-order valence-corrected chi connectivity index (χ4v) is 2.06. The molecule has 0 spiro atoms. The third-order valence-corrected chi connectivity index (χ3v) is 3.25. The number of halogens is 1. The van der Waals surface area contributed by atoms with Crippen molar-refractivity contribution in [2.24, 2.45) is 0 Å². The molecule has 0 aliphatic rings. The average molecular weight is 286 g/mol. The van der Waals surface area contributed by atoms with Gasteiger partial charge in [-0.2, -0.15) is 5.26 Å². The maximum absolute atomic E-state index is 10.7. The Morgan fingerprint density at radius 2 is 2.10 bits per heavy atom. The zero-order valence-electron chi connectivity index (χ0n) is 10.9. The van der Waals surface area contributed by atoms with E-state index in [1.54, 1.807) is 24.3 Å². The molecule has 0 unspecified atom stereocenters. The summed E-state index contributed by atoms with van der Waals surface area (Å²) in [5.41, 5.74) is 1.74. The second-order valence-electron chi connectivity index (χ2n) is 4.19. The van der Waals surface area contributed by atoms with Crippen molar-refractivity contribution in [3.05, 3.63) is 58.1 Å². The minimum absolute atomic E-state index is 0.322. The molecule has 0 fully saturated rings. The van der Waals surface area contributed by atoms with Crippen LogP contribution in [0, 0.1) is 11.3 Å². The van der Waals surface area contributed by atoms with Crippen LogP contribution in [-0.2, 0) is 6.42 Å². The van der Waals surface area contributed by atoms with E-state index in [0.29, 0.717) is 33.9 Å². The molecule has 2 aromatic carbocycles. The Labute approximate surface area is 122 Å². The van der Waals surface area contributed by atoms with Crippen LogP contribution < -0.4 is 4.74 Å². The minimum Gasteiger partial charge on any atom is -0.456 e. The summed E-state index contributed by atoms with van der Waals surface area (Å²) in [7, 11) is 0. The lowest BCUT2D eigenvalue weighted by Gasteiger charge is -2.09. The number of ether oxygens (including phenoxy) is 1. The molecular weight excluding hydrogens is 274 g/mol. The number of nitrogens with zero attached hydrogens (tertiary/aromatic N) is 1. The molecular formula is C16H12ClNO2. The number of benzene rings is 2. The van der Waals surface area contributed by atoms with Gasteiger partial charge in [0.05, 0.1) is 5.56 Å². The Bertz CT molecular complexity index is 689. The Hall–Kier alpha value is -2.31. The number of carbonyl (C=O) groups excluding carboxylic acids is 1. The van der Waals surface area contributed by atoms with E-state index in [2.05, 4.69) is 0 Å². The highest BCUT2D eigenvalue weighted by atomic mass is 35.5. The number of aldehydes is 1. The summed E-state index contributed by atoms with van der Waals surface area (Å²) in [5.74, 6) is 1.03. The van der Waals surface area contributed by atoms with Crippen LogP contribution in [-0.4, -0.2) is 6.29 Å². The number of aryl methyl sites for hydroxylation is 1. The topological polar surface area (TPSA) is 50.1 Å². The highest BCUT2D eigenvalue weighted by Crippen LogP contribution is 2.29. The second-order valence-corrected chi connectivity index (χ2v) is 4.60. The molecule has 3 nitrogen and oxygen atoms in total. The van der Waals surface area contributed by atoms with Crippen molar-refractivity contribution in [1.29, 1.82) is 5.26 Å². The highest BCUT2D eigenvalue weighted by molar-refractivity contribution is 6.31. The zero-order valence-corrected chi connectivity index (χ0v) is 11.6. The van der Waals surface area contributed by atoms with Gasteiger partial charge in [-0.3, -0.25) is 4.79 Å². The average Bonchev–Trinajstić information content (AvgIpc) is 2.49. The van der Waals surface area contributed by atoms with Gasteiger partial charge < -0.3 is 4.74 Å². The third-order valence-electron chi connectivity index (χ3n) is 2.89. The van der Waals surface area contributed by atoms with Gasteiger partial charge in [0.15, 0.2) is 0 Å². The molecule has 0 bridgehead atoms. The third kappa shape index (κ3) is 2.98. The molecule has 0 radical (unpaired) electrons. The molecule has 0 atom stereocenters. The van der Waals surface area contributed by atoms with Crippen LogP contribution in [0.5, 0.6) is 11.5 Å².